The number of halogens is 2. The summed E-state index contributed by atoms with van der Waals surface area (Å²) < 4.78 is 0.985. The number of nitrogens with zero attached hydrogens (tertiary/aromatic N) is 1. The molecule has 0 aliphatic carbocycles. The summed E-state index contributed by atoms with van der Waals surface area (Å²) in [7, 11) is 1.90. The summed E-state index contributed by atoms with van der Waals surface area (Å²) in [6.45, 7) is 0.997. The second-order valence-corrected chi connectivity index (χ2v) is 6.21. The minimum absolute atomic E-state index is 0.0400. The van der Waals surface area contributed by atoms with Crippen LogP contribution >= 0.6 is 27.5 Å². The maximum Gasteiger partial charge on any atom is 0.238 e. The van der Waals surface area contributed by atoms with Crippen LogP contribution in [0.15, 0.2) is 53.0 Å². The third kappa shape index (κ3) is 5.50. The fourth-order valence-electron chi connectivity index (χ4n) is 1.98. The van der Waals surface area contributed by atoms with Gasteiger partial charge >= 0.3 is 0 Å². The first-order valence-electron chi connectivity index (χ1n) is 6.51. The van der Waals surface area contributed by atoms with Crippen molar-refractivity contribution in [3.8, 4) is 0 Å². The Bertz CT molecular complexity index is 616. The molecule has 2 aromatic carbocycles. The van der Waals surface area contributed by atoms with E-state index in [1.807, 2.05) is 60.5 Å². The van der Waals surface area contributed by atoms with E-state index in [0.29, 0.717) is 18.1 Å². The fraction of sp³-hybridized carbons (Fsp3) is 0.188. The fourth-order valence-corrected chi connectivity index (χ4v) is 2.46. The number of likely N-dealkylation sites (N-methyl/N-ethyl adjacent to an activating group) is 1. The number of carbonyl (C=O) groups excluding carboxylic acids is 1. The number of amides is 1. The van der Waals surface area contributed by atoms with Crippen molar-refractivity contribution in [2.45, 2.75) is 6.54 Å². The van der Waals surface area contributed by atoms with Crippen LogP contribution in [0.25, 0.3) is 0 Å². The van der Waals surface area contributed by atoms with Gasteiger partial charge in [-0.05, 0) is 49.0 Å². The van der Waals surface area contributed by atoms with Gasteiger partial charge in [0, 0.05) is 21.7 Å². The van der Waals surface area contributed by atoms with Crippen molar-refractivity contribution in [2.24, 2.45) is 0 Å². The summed E-state index contributed by atoms with van der Waals surface area (Å²) in [5.41, 5.74) is 1.88. The quantitative estimate of drug-likeness (QED) is 0.860. The highest BCUT2D eigenvalue weighted by Gasteiger charge is 2.08. The number of benzene rings is 2. The van der Waals surface area contributed by atoms with Crippen molar-refractivity contribution in [3.05, 3.63) is 63.6 Å². The molecule has 21 heavy (non-hydrogen) atoms. The maximum atomic E-state index is 12.0. The van der Waals surface area contributed by atoms with Crippen molar-refractivity contribution >= 4 is 39.1 Å². The van der Waals surface area contributed by atoms with Gasteiger partial charge in [0.25, 0.3) is 0 Å². The number of carbonyl (C=O) groups is 1. The Kier molecular flexibility index (Phi) is 5.79. The van der Waals surface area contributed by atoms with Gasteiger partial charge < -0.3 is 5.32 Å². The van der Waals surface area contributed by atoms with Gasteiger partial charge in [-0.3, -0.25) is 9.69 Å². The molecule has 2 rings (SSSR count). The maximum absolute atomic E-state index is 12.0. The van der Waals surface area contributed by atoms with E-state index in [9.17, 15) is 4.79 Å². The van der Waals surface area contributed by atoms with Gasteiger partial charge in [-0.25, -0.2) is 0 Å². The first kappa shape index (κ1) is 16.0. The topological polar surface area (TPSA) is 32.3 Å². The Labute approximate surface area is 138 Å². The highest BCUT2D eigenvalue weighted by Crippen LogP contribution is 2.14. The van der Waals surface area contributed by atoms with E-state index in [1.165, 1.54) is 0 Å². The van der Waals surface area contributed by atoms with Gasteiger partial charge in [0.05, 0.1) is 6.54 Å². The van der Waals surface area contributed by atoms with Crippen LogP contribution in [0, 0.1) is 0 Å². The van der Waals surface area contributed by atoms with Crippen molar-refractivity contribution in [3.63, 3.8) is 0 Å². The van der Waals surface area contributed by atoms with Gasteiger partial charge in [0.2, 0.25) is 5.91 Å². The SMILES string of the molecule is CN(CC(=O)Nc1ccc(Br)cc1)Cc1cccc(Cl)c1. The normalized spacial score (nSPS) is 10.7. The first-order chi connectivity index (χ1) is 10.0. The third-order valence-electron chi connectivity index (χ3n) is 2.88. The largest absolute Gasteiger partial charge is 0.325 e. The van der Waals surface area contributed by atoms with Gasteiger partial charge in [-0.15, -0.1) is 0 Å². The van der Waals surface area contributed by atoms with Crippen LogP contribution in [-0.4, -0.2) is 24.4 Å². The summed E-state index contributed by atoms with van der Waals surface area (Å²) in [6.07, 6.45) is 0. The Hall–Kier alpha value is -1.36. The Morgan fingerprint density at radius 1 is 1.24 bits per heavy atom. The monoisotopic (exact) mass is 366 g/mol. The predicted molar refractivity (Wildman–Crippen MR) is 90.6 cm³/mol. The highest BCUT2D eigenvalue weighted by atomic mass is 79.9. The lowest BCUT2D eigenvalue weighted by atomic mass is 10.2. The summed E-state index contributed by atoms with van der Waals surface area (Å²) in [5, 5.41) is 3.58. The van der Waals surface area contributed by atoms with Crippen LogP contribution in [0.4, 0.5) is 5.69 Å². The summed E-state index contributed by atoms with van der Waals surface area (Å²) >= 11 is 9.32. The van der Waals surface area contributed by atoms with E-state index >= 15 is 0 Å². The molecule has 0 saturated heterocycles. The molecular formula is C16H16BrClN2O. The van der Waals surface area contributed by atoms with Gasteiger partial charge in [-0.2, -0.15) is 0 Å². The lowest BCUT2D eigenvalue weighted by molar-refractivity contribution is -0.117. The molecule has 3 nitrogen and oxygen atoms in total. The average molecular weight is 368 g/mol. The second kappa shape index (κ2) is 7.59. The van der Waals surface area contributed by atoms with E-state index in [1.54, 1.807) is 0 Å². The molecule has 0 heterocycles. The molecule has 0 atom stereocenters. The molecular weight excluding hydrogens is 352 g/mol. The first-order valence-corrected chi connectivity index (χ1v) is 7.68. The predicted octanol–water partition coefficient (Wildman–Crippen LogP) is 4.17. The van der Waals surface area contributed by atoms with E-state index in [2.05, 4.69) is 21.2 Å². The lowest BCUT2D eigenvalue weighted by Gasteiger charge is -2.16. The Balaban J connectivity index is 1.86. The van der Waals surface area contributed by atoms with Crippen molar-refractivity contribution < 1.29 is 4.79 Å². The smallest absolute Gasteiger partial charge is 0.238 e. The molecule has 110 valence electrons. The van der Waals surface area contributed by atoms with Crippen LogP contribution in [0.5, 0.6) is 0 Å². The highest BCUT2D eigenvalue weighted by molar-refractivity contribution is 9.10. The van der Waals surface area contributed by atoms with Crippen molar-refractivity contribution in [2.75, 3.05) is 18.9 Å². The van der Waals surface area contributed by atoms with Gasteiger partial charge in [0.1, 0.15) is 0 Å². The number of anilines is 1. The summed E-state index contributed by atoms with van der Waals surface area (Å²) in [6, 6.07) is 15.2. The molecule has 0 saturated carbocycles. The van der Waals surface area contributed by atoms with Gasteiger partial charge in [-0.1, -0.05) is 39.7 Å². The molecule has 0 radical (unpaired) electrons. The van der Waals surface area contributed by atoms with E-state index < -0.39 is 0 Å². The minimum Gasteiger partial charge on any atom is -0.325 e. The van der Waals surface area contributed by atoms with Crippen LogP contribution in [0.1, 0.15) is 5.56 Å². The number of rotatable bonds is 5. The molecule has 0 aliphatic heterocycles. The van der Waals surface area contributed by atoms with Crippen LogP contribution < -0.4 is 5.32 Å². The Morgan fingerprint density at radius 3 is 2.62 bits per heavy atom. The zero-order valence-electron chi connectivity index (χ0n) is 11.6. The number of hydrogen-bond acceptors (Lipinski definition) is 2. The molecule has 1 N–H and O–H groups in total. The summed E-state index contributed by atoms with van der Waals surface area (Å²) in [5.74, 6) is -0.0400. The van der Waals surface area contributed by atoms with Crippen LogP contribution in [0.2, 0.25) is 5.02 Å². The lowest BCUT2D eigenvalue weighted by Crippen LogP contribution is -2.29. The molecule has 0 spiro atoms. The number of nitrogens with one attached hydrogen (secondary N) is 1. The molecule has 0 aliphatic rings. The zero-order valence-corrected chi connectivity index (χ0v) is 14.0. The molecule has 2 aromatic rings. The van der Waals surface area contributed by atoms with Crippen LogP contribution in [-0.2, 0) is 11.3 Å². The van der Waals surface area contributed by atoms with E-state index in [4.69, 9.17) is 11.6 Å². The second-order valence-electron chi connectivity index (χ2n) is 4.86. The zero-order chi connectivity index (χ0) is 15.2. The van der Waals surface area contributed by atoms with Gasteiger partial charge in [0.15, 0.2) is 0 Å². The molecule has 1 amide bonds. The van der Waals surface area contributed by atoms with Crippen LogP contribution in [0.3, 0.4) is 0 Å². The molecule has 5 heteroatoms. The standard InChI is InChI=1S/C16H16BrClN2O/c1-20(10-12-3-2-4-14(18)9-12)11-16(21)19-15-7-5-13(17)6-8-15/h2-9H,10-11H2,1H3,(H,19,21). The third-order valence-corrected chi connectivity index (χ3v) is 3.65. The van der Waals surface area contributed by atoms with Crippen molar-refractivity contribution in [1.82, 2.24) is 4.90 Å². The molecule has 0 aromatic heterocycles. The van der Waals surface area contributed by atoms with E-state index in [0.717, 1.165) is 15.7 Å². The van der Waals surface area contributed by atoms with Crippen molar-refractivity contribution in [1.29, 1.82) is 0 Å². The Morgan fingerprint density at radius 2 is 1.95 bits per heavy atom. The van der Waals surface area contributed by atoms with E-state index in [-0.39, 0.29) is 5.91 Å². The molecule has 0 bridgehead atoms. The summed E-state index contributed by atoms with van der Waals surface area (Å²) in [4.78, 5) is 13.9. The average Bonchev–Trinajstić information content (AvgIpc) is 2.41. The minimum atomic E-state index is -0.0400. The molecule has 0 unspecified atom stereocenters. The number of hydrogen-bond donors (Lipinski definition) is 1. The molecule has 0 fully saturated rings.